The van der Waals surface area contributed by atoms with Gasteiger partial charge in [0.25, 0.3) is 11.8 Å². The fourth-order valence-electron chi connectivity index (χ4n) is 3.97. The van der Waals surface area contributed by atoms with E-state index in [0.717, 1.165) is 0 Å². The number of anilines is 1. The highest BCUT2D eigenvalue weighted by Gasteiger charge is 2.30. The van der Waals surface area contributed by atoms with Crippen molar-refractivity contribution in [1.82, 2.24) is 4.90 Å². The van der Waals surface area contributed by atoms with Crippen LogP contribution in [0.1, 0.15) is 33.6 Å². The zero-order valence-corrected chi connectivity index (χ0v) is 17.3. The lowest BCUT2D eigenvalue weighted by atomic mass is 9.88. The third kappa shape index (κ3) is 4.11. The smallest absolute Gasteiger partial charge is 0.311 e. The van der Waals surface area contributed by atoms with E-state index in [2.05, 4.69) is 5.32 Å². The van der Waals surface area contributed by atoms with E-state index < -0.39 is 4.92 Å². The summed E-state index contributed by atoms with van der Waals surface area (Å²) in [6.45, 7) is 0.670. The number of carbonyl (C=O) groups excluding carboxylic acids is 3. The molecule has 2 amide bonds. The van der Waals surface area contributed by atoms with Gasteiger partial charge in [-0.05, 0) is 43.2 Å². The van der Waals surface area contributed by atoms with Crippen LogP contribution in [0.2, 0.25) is 0 Å². The van der Waals surface area contributed by atoms with Crippen molar-refractivity contribution in [2.45, 2.75) is 12.8 Å². The number of carbonyl (C=O) groups is 3. The number of hydrogen-bond acceptors (Lipinski definition) is 7. The van der Waals surface area contributed by atoms with E-state index in [1.165, 1.54) is 25.3 Å². The second-order valence-corrected chi connectivity index (χ2v) is 7.62. The van der Waals surface area contributed by atoms with Crippen LogP contribution in [0, 0.1) is 16.0 Å². The van der Waals surface area contributed by atoms with Crippen LogP contribution < -0.4 is 14.8 Å². The van der Waals surface area contributed by atoms with Crippen LogP contribution in [0.3, 0.4) is 0 Å². The van der Waals surface area contributed by atoms with E-state index in [-0.39, 0.29) is 47.1 Å². The van der Waals surface area contributed by atoms with Gasteiger partial charge in [0.1, 0.15) is 5.75 Å². The number of fused-ring (bicyclic) bond motifs is 1. The molecule has 4 rings (SSSR count). The largest absolute Gasteiger partial charge is 0.490 e. The zero-order valence-electron chi connectivity index (χ0n) is 17.3. The van der Waals surface area contributed by atoms with Crippen molar-refractivity contribution in [3.8, 4) is 11.5 Å². The number of nitrogens with one attached hydrogen (secondary N) is 1. The Balaban J connectivity index is 1.42. The van der Waals surface area contributed by atoms with Gasteiger partial charge in [-0.2, -0.15) is 0 Å². The lowest BCUT2D eigenvalue weighted by Gasteiger charge is -2.31. The molecule has 1 fully saturated rings. The Kier molecular flexibility index (Phi) is 5.76. The molecule has 0 aromatic heterocycles. The highest BCUT2D eigenvalue weighted by molar-refractivity contribution is 6.02. The second-order valence-electron chi connectivity index (χ2n) is 7.62. The predicted octanol–water partition coefficient (Wildman–Crippen LogP) is 2.67. The predicted molar refractivity (Wildman–Crippen MR) is 113 cm³/mol. The Morgan fingerprint density at radius 2 is 1.88 bits per heavy atom. The Hall–Kier alpha value is -3.95. The molecule has 0 radical (unpaired) electrons. The van der Waals surface area contributed by atoms with Crippen LogP contribution in [-0.2, 0) is 4.79 Å². The number of benzene rings is 2. The van der Waals surface area contributed by atoms with E-state index in [9.17, 15) is 24.5 Å². The summed E-state index contributed by atoms with van der Waals surface area (Å²) in [4.78, 5) is 49.5. The molecule has 0 atom stereocenters. The molecule has 2 aromatic rings. The molecule has 166 valence electrons. The fourth-order valence-corrected chi connectivity index (χ4v) is 3.97. The Morgan fingerprint density at radius 3 is 2.56 bits per heavy atom. The van der Waals surface area contributed by atoms with Crippen LogP contribution in [0.25, 0.3) is 0 Å². The minimum absolute atomic E-state index is 0.0515. The van der Waals surface area contributed by atoms with Crippen molar-refractivity contribution in [2.75, 3.05) is 32.1 Å². The van der Waals surface area contributed by atoms with E-state index >= 15 is 0 Å². The third-order valence-electron chi connectivity index (χ3n) is 5.67. The molecule has 32 heavy (non-hydrogen) atoms. The van der Waals surface area contributed by atoms with Crippen molar-refractivity contribution in [2.24, 2.45) is 5.92 Å². The quantitative estimate of drug-likeness (QED) is 0.431. The number of amides is 2. The summed E-state index contributed by atoms with van der Waals surface area (Å²) in [6.07, 6.45) is 0.950. The summed E-state index contributed by atoms with van der Waals surface area (Å²) in [6, 6.07) is 9.06. The molecule has 0 unspecified atom stereocenters. The highest BCUT2D eigenvalue weighted by atomic mass is 16.6. The molecular weight excluding hydrogens is 418 g/mol. The van der Waals surface area contributed by atoms with E-state index in [0.29, 0.717) is 42.9 Å². The molecule has 0 spiro atoms. The summed E-state index contributed by atoms with van der Waals surface area (Å²) < 4.78 is 10.3. The normalized spacial score (nSPS) is 15.9. The number of ether oxygens (including phenoxy) is 2. The first-order valence-electron chi connectivity index (χ1n) is 10.1. The Bertz CT molecular complexity index is 1110. The number of methoxy groups -OCH3 is 1. The van der Waals surface area contributed by atoms with Gasteiger partial charge < -0.3 is 19.7 Å². The SMILES string of the molecule is COc1ccc(C(=O)N2CCC(C(=O)c3ccc4c(c3)NC(=O)CO4)CC2)cc1[N+](=O)[O-]. The van der Waals surface area contributed by atoms with Gasteiger partial charge in [-0.3, -0.25) is 24.5 Å². The van der Waals surface area contributed by atoms with Crippen molar-refractivity contribution < 1.29 is 28.8 Å². The minimum Gasteiger partial charge on any atom is -0.490 e. The fraction of sp³-hybridized carbons (Fsp3) is 0.318. The summed E-state index contributed by atoms with van der Waals surface area (Å²) in [5.41, 5.74) is 0.880. The minimum atomic E-state index is -0.591. The standard InChI is InChI=1S/C22H21N3O7/c1-31-19-5-3-15(11-17(19)25(29)30)22(28)24-8-6-13(7-9-24)21(27)14-2-4-18-16(10-14)23-20(26)12-32-18/h2-5,10-11,13H,6-9,12H2,1H3,(H,23,26). The number of Topliss-reactive ketones (excluding diaryl/α,β-unsaturated/α-hetero) is 1. The molecule has 1 saturated heterocycles. The van der Waals surface area contributed by atoms with Gasteiger partial charge in [-0.15, -0.1) is 0 Å². The van der Waals surface area contributed by atoms with Crippen LogP contribution in [0.4, 0.5) is 11.4 Å². The average Bonchev–Trinajstić information content (AvgIpc) is 2.82. The first-order chi connectivity index (χ1) is 15.4. The number of likely N-dealkylation sites (tertiary alicyclic amines) is 1. The summed E-state index contributed by atoms with van der Waals surface area (Å²) in [5, 5.41) is 13.9. The Morgan fingerprint density at radius 1 is 1.16 bits per heavy atom. The van der Waals surface area contributed by atoms with Crippen molar-refractivity contribution in [3.05, 3.63) is 57.6 Å². The molecular formula is C22H21N3O7. The van der Waals surface area contributed by atoms with Gasteiger partial charge >= 0.3 is 5.69 Å². The molecule has 2 heterocycles. The maximum absolute atomic E-state index is 13.0. The molecule has 2 aliphatic heterocycles. The number of ketones is 1. The van der Waals surface area contributed by atoms with Gasteiger partial charge in [0.05, 0.1) is 17.7 Å². The molecule has 10 heteroatoms. The zero-order chi connectivity index (χ0) is 22.8. The van der Waals surface area contributed by atoms with Crippen molar-refractivity contribution in [3.63, 3.8) is 0 Å². The highest BCUT2D eigenvalue weighted by Crippen LogP contribution is 2.32. The number of nitro benzene ring substituents is 1. The second kappa shape index (κ2) is 8.66. The van der Waals surface area contributed by atoms with Gasteiger partial charge in [-0.25, -0.2) is 0 Å². The molecule has 0 bridgehead atoms. The van der Waals surface area contributed by atoms with Gasteiger partial charge in [-0.1, -0.05) is 0 Å². The third-order valence-corrected chi connectivity index (χ3v) is 5.67. The van der Waals surface area contributed by atoms with Crippen LogP contribution >= 0.6 is 0 Å². The number of nitrogens with zero attached hydrogens (tertiary/aromatic N) is 2. The van der Waals surface area contributed by atoms with E-state index in [1.54, 1.807) is 23.1 Å². The first-order valence-corrected chi connectivity index (χ1v) is 10.1. The maximum Gasteiger partial charge on any atom is 0.311 e. The number of piperidine rings is 1. The van der Waals surface area contributed by atoms with Crippen molar-refractivity contribution in [1.29, 1.82) is 0 Å². The molecule has 1 N–H and O–H groups in total. The molecule has 2 aromatic carbocycles. The van der Waals surface area contributed by atoms with E-state index in [4.69, 9.17) is 9.47 Å². The van der Waals surface area contributed by atoms with Crippen LogP contribution in [-0.4, -0.2) is 54.2 Å². The van der Waals surface area contributed by atoms with Gasteiger partial charge in [0, 0.05) is 36.2 Å². The Labute approximate surface area is 183 Å². The number of nitro groups is 1. The lowest BCUT2D eigenvalue weighted by molar-refractivity contribution is -0.385. The lowest BCUT2D eigenvalue weighted by Crippen LogP contribution is -2.40. The summed E-state index contributed by atoms with van der Waals surface area (Å²) in [5.74, 6) is -0.303. The monoisotopic (exact) mass is 439 g/mol. The average molecular weight is 439 g/mol. The molecule has 0 saturated carbocycles. The van der Waals surface area contributed by atoms with Gasteiger partial charge in [0.15, 0.2) is 18.1 Å². The maximum atomic E-state index is 13.0. The van der Waals surface area contributed by atoms with Crippen LogP contribution in [0.5, 0.6) is 11.5 Å². The summed E-state index contributed by atoms with van der Waals surface area (Å²) >= 11 is 0. The topological polar surface area (TPSA) is 128 Å². The van der Waals surface area contributed by atoms with Crippen LogP contribution in [0.15, 0.2) is 36.4 Å². The van der Waals surface area contributed by atoms with Crippen molar-refractivity contribution >= 4 is 29.0 Å². The van der Waals surface area contributed by atoms with E-state index in [1.807, 2.05) is 0 Å². The molecule has 10 nitrogen and oxygen atoms in total. The summed E-state index contributed by atoms with van der Waals surface area (Å²) in [7, 11) is 1.33. The first kappa shape index (κ1) is 21.3. The number of rotatable bonds is 5. The molecule has 0 aliphatic carbocycles. The number of hydrogen-bond donors (Lipinski definition) is 1. The molecule has 2 aliphatic rings. The van der Waals surface area contributed by atoms with Gasteiger partial charge in [0.2, 0.25) is 0 Å².